The smallest absolute Gasteiger partial charge is 0.272 e. The van der Waals surface area contributed by atoms with Crippen LogP contribution in [0, 0.1) is 6.92 Å². The van der Waals surface area contributed by atoms with Gasteiger partial charge in [0.1, 0.15) is 10.5 Å². The monoisotopic (exact) mass is 395 g/mol. The molecular formula is C20H21N5O2S. The highest BCUT2D eigenvalue weighted by Gasteiger charge is 2.17. The van der Waals surface area contributed by atoms with Crippen LogP contribution < -0.4 is 10.9 Å². The topological polar surface area (TPSA) is 81.3 Å². The predicted molar refractivity (Wildman–Crippen MR) is 111 cm³/mol. The Hall–Kier alpha value is -3.00. The van der Waals surface area contributed by atoms with Crippen LogP contribution in [0.25, 0.3) is 16.0 Å². The number of thiophene rings is 1. The Morgan fingerprint density at radius 2 is 2.11 bits per heavy atom. The van der Waals surface area contributed by atoms with Crippen molar-refractivity contribution in [2.75, 3.05) is 5.32 Å². The van der Waals surface area contributed by atoms with Gasteiger partial charge in [0, 0.05) is 25.1 Å². The van der Waals surface area contributed by atoms with Gasteiger partial charge in [0.25, 0.3) is 5.56 Å². The number of benzene rings is 1. The number of aryl methyl sites for hydroxylation is 3. The van der Waals surface area contributed by atoms with E-state index >= 15 is 0 Å². The lowest BCUT2D eigenvalue weighted by molar-refractivity contribution is -0.116. The van der Waals surface area contributed by atoms with Crippen molar-refractivity contribution in [2.24, 2.45) is 0 Å². The molecule has 28 heavy (non-hydrogen) atoms. The molecule has 0 unspecified atom stereocenters. The number of carbonyl (C=O) groups is 1. The quantitative estimate of drug-likeness (QED) is 0.543. The first-order valence-corrected chi connectivity index (χ1v) is 10.2. The van der Waals surface area contributed by atoms with Gasteiger partial charge in [-0.1, -0.05) is 19.1 Å². The van der Waals surface area contributed by atoms with Crippen LogP contribution in [0.2, 0.25) is 0 Å². The summed E-state index contributed by atoms with van der Waals surface area (Å²) in [5, 5.41) is 13.3. The molecule has 0 aliphatic heterocycles. The van der Waals surface area contributed by atoms with Crippen LogP contribution in [0.3, 0.4) is 0 Å². The molecule has 144 valence electrons. The highest BCUT2D eigenvalue weighted by Crippen LogP contribution is 2.20. The molecule has 3 heterocycles. The second-order valence-corrected chi connectivity index (χ2v) is 7.68. The number of aromatic nitrogens is 4. The summed E-state index contributed by atoms with van der Waals surface area (Å²) in [6, 6.07) is 9.61. The van der Waals surface area contributed by atoms with Gasteiger partial charge >= 0.3 is 0 Å². The molecule has 1 N–H and O–H groups in total. The van der Waals surface area contributed by atoms with E-state index in [9.17, 15) is 9.59 Å². The lowest BCUT2D eigenvalue weighted by Crippen LogP contribution is -2.22. The van der Waals surface area contributed by atoms with Gasteiger partial charge in [-0.25, -0.2) is 0 Å². The fourth-order valence-corrected chi connectivity index (χ4v) is 4.16. The highest BCUT2D eigenvalue weighted by molar-refractivity contribution is 7.17. The number of anilines is 1. The van der Waals surface area contributed by atoms with E-state index in [-0.39, 0.29) is 17.9 Å². The summed E-state index contributed by atoms with van der Waals surface area (Å²) in [7, 11) is 0. The fourth-order valence-electron chi connectivity index (χ4n) is 3.34. The normalized spacial score (nSPS) is 11.4. The van der Waals surface area contributed by atoms with Crippen LogP contribution in [0.15, 0.2) is 40.5 Å². The predicted octanol–water partition coefficient (Wildman–Crippen LogP) is 3.40. The maximum atomic E-state index is 12.7. The molecule has 3 aromatic heterocycles. The number of amides is 1. The van der Waals surface area contributed by atoms with E-state index in [0.29, 0.717) is 29.3 Å². The zero-order chi connectivity index (χ0) is 19.7. The molecule has 7 nitrogen and oxygen atoms in total. The maximum Gasteiger partial charge on any atom is 0.272 e. The Morgan fingerprint density at radius 3 is 2.89 bits per heavy atom. The summed E-state index contributed by atoms with van der Waals surface area (Å²) < 4.78 is 4.26. The Bertz CT molecular complexity index is 1220. The van der Waals surface area contributed by atoms with Gasteiger partial charge in [0.15, 0.2) is 0 Å². The third kappa shape index (κ3) is 3.31. The maximum absolute atomic E-state index is 12.7. The molecule has 4 aromatic rings. The highest BCUT2D eigenvalue weighted by atomic mass is 32.1. The van der Waals surface area contributed by atoms with Crippen molar-refractivity contribution in [2.45, 2.75) is 39.7 Å². The van der Waals surface area contributed by atoms with E-state index in [1.807, 2.05) is 54.0 Å². The van der Waals surface area contributed by atoms with E-state index in [1.165, 1.54) is 11.3 Å². The van der Waals surface area contributed by atoms with Crippen LogP contribution in [0.1, 0.15) is 31.2 Å². The molecule has 8 heteroatoms. The van der Waals surface area contributed by atoms with Crippen molar-refractivity contribution >= 4 is 38.9 Å². The molecule has 0 spiro atoms. The molecule has 4 rings (SSSR count). The van der Waals surface area contributed by atoms with Gasteiger partial charge < -0.3 is 5.32 Å². The second kappa shape index (κ2) is 7.55. The molecular weight excluding hydrogens is 374 g/mol. The standard InChI is InChI=1S/C20H21N5O2S/c1-3-10-24-19(27)18-15(9-11-28-18)25-16(22-23-20(24)25)7-8-17(26)21-14-6-4-5-13(2)12-14/h4-6,9,11-12H,3,7-8,10H2,1-2H3,(H,21,26). The minimum atomic E-state index is -0.0780. The minimum absolute atomic E-state index is 0.0320. The number of nitrogens with zero attached hydrogens (tertiary/aromatic N) is 4. The summed E-state index contributed by atoms with van der Waals surface area (Å²) in [6.45, 7) is 4.59. The van der Waals surface area contributed by atoms with Crippen molar-refractivity contribution in [3.8, 4) is 0 Å². The van der Waals surface area contributed by atoms with Crippen LogP contribution >= 0.6 is 11.3 Å². The van der Waals surface area contributed by atoms with E-state index in [1.54, 1.807) is 4.57 Å². The molecule has 0 atom stereocenters. The Labute approximate surface area is 165 Å². The lowest BCUT2D eigenvalue weighted by Gasteiger charge is -2.08. The molecule has 0 saturated carbocycles. The first-order chi connectivity index (χ1) is 13.6. The second-order valence-electron chi connectivity index (χ2n) is 6.76. The van der Waals surface area contributed by atoms with Crippen LogP contribution in [0.4, 0.5) is 5.69 Å². The molecule has 0 aliphatic rings. The Balaban J connectivity index is 1.63. The van der Waals surface area contributed by atoms with Crippen molar-refractivity contribution in [1.82, 2.24) is 19.2 Å². The van der Waals surface area contributed by atoms with E-state index in [4.69, 9.17) is 0 Å². The largest absolute Gasteiger partial charge is 0.326 e. The van der Waals surface area contributed by atoms with Gasteiger partial charge in [0.2, 0.25) is 11.7 Å². The Morgan fingerprint density at radius 1 is 1.25 bits per heavy atom. The molecule has 0 radical (unpaired) electrons. The van der Waals surface area contributed by atoms with Crippen LogP contribution in [-0.2, 0) is 17.8 Å². The van der Waals surface area contributed by atoms with Gasteiger partial charge in [-0.15, -0.1) is 21.5 Å². The molecule has 0 bridgehead atoms. The van der Waals surface area contributed by atoms with Crippen molar-refractivity contribution < 1.29 is 4.79 Å². The Kier molecular flexibility index (Phi) is 4.95. The average molecular weight is 395 g/mol. The fraction of sp³-hybridized carbons (Fsp3) is 0.300. The summed E-state index contributed by atoms with van der Waals surface area (Å²) in [5.41, 5.74) is 2.65. The minimum Gasteiger partial charge on any atom is -0.326 e. The van der Waals surface area contributed by atoms with Gasteiger partial charge in [0.05, 0.1) is 5.52 Å². The van der Waals surface area contributed by atoms with Gasteiger partial charge in [-0.2, -0.15) is 0 Å². The number of carbonyl (C=O) groups excluding carboxylic acids is 1. The summed E-state index contributed by atoms with van der Waals surface area (Å²) in [4.78, 5) is 25.1. The zero-order valence-electron chi connectivity index (χ0n) is 15.8. The summed E-state index contributed by atoms with van der Waals surface area (Å²) in [6.07, 6.45) is 1.55. The molecule has 0 aliphatic carbocycles. The molecule has 1 aromatic carbocycles. The van der Waals surface area contributed by atoms with E-state index < -0.39 is 0 Å². The van der Waals surface area contributed by atoms with E-state index in [2.05, 4.69) is 15.5 Å². The zero-order valence-corrected chi connectivity index (χ0v) is 16.6. The van der Waals surface area contributed by atoms with Gasteiger partial charge in [-0.3, -0.25) is 18.6 Å². The first-order valence-electron chi connectivity index (χ1n) is 9.29. The molecule has 0 fully saturated rings. The third-order valence-corrected chi connectivity index (χ3v) is 5.50. The first kappa shape index (κ1) is 18.4. The van der Waals surface area contributed by atoms with Gasteiger partial charge in [-0.05, 0) is 42.5 Å². The van der Waals surface area contributed by atoms with E-state index in [0.717, 1.165) is 23.2 Å². The number of fused-ring (bicyclic) bond motifs is 3. The van der Waals surface area contributed by atoms with Crippen LogP contribution in [0.5, 0.6) is 0 Å². The molecule has 1 amide bonds. The number of hydrogen-bond donors (Lipinski definition) is 1. The lowest BCUT2D eigenvalue weighted by atomic mass is 10.2. The third-order valence-electron chi connectivity index (χ3n) is 4.60. The van der Waals surface area contributed by atoms with Crippen molar-refractivity contribution in [3.05, 3.63) is 57.5 Å². The summed E-state index contributed by atoms with van der Waals surface area (Å²) >= 11 is 1.42. The molecule has 0 saturated heterocycles. The number of hydrogen-bond acceptors (Lipinski definition) is 5. The van der Waals surface area contributed by atoms with Crippen molar-refractivity contribution in [3.63, 3.8) is 0 Å². The number of nitrogens with one attached hydrogen (secondary N) is 1. The van der Waals surface area contributed by atoms with Crippen LogP contribution in [-0.4, -0.2) is 25.1 Å². The number of rotatable bonds is 6. The average Bonchev–Trinajstić information content (AvgIpc) is 3.30. The summed E-state index contributed by atoms with van der Waals surface area (Å²) in [5.74, 6) is 1.14. The SMILES string of the molecule is CCCn1c(=O)c2sccc2n2c(CCC(=O)Nc3cccc(C)c3)nnc12. The van der Waals surface area contributed by atoms with Crippen molar-refractivity contribution in [1.29, 1.82) is 0 Å².